The third-order valence-corrected chi connectivity index (χ3v) is 6.06. The van der Waals surface area contributed by atoms with Crippen molar-refractivity contribution in [2.75, 3.05) is 152 Å². The molecule has 1 amide bonds. The zero-order chi connectivity index (χ0) is 33.8. The van der Waals surface area contributed by atoms with Crippen LogP contribution in [0.15, 0.2) is 0 Å². The van der Waals surface area contributed by atoms with Crippen molar-refractivity contribution in [2.24, 2.45) is 0 Å². The lowest BCUT2D eigenvalue weighted by atomic mass is 10.2. The highest BCUT2D eigenvalue weighted by Crippen LogP contribution is 2.08. The number of nitrogens with zero attached hydrogens (tertiary/aromatic N) is 1. The third-order valence-electron chi connectivity index (χ3n) is 5.80. The molecule has 0 aliphatic heterocycles. The van der Waals surface area contributed by atoms with Crippen LogP contribution in [0, 0.1) is 0 Å². The van der Waals surface area contributed by atoms with Gasteiger partial charge in [-0.3, -0.25) is 0 Å². The minimum Gasteiger partial charge on any atom is -0.444 e. The number of amides is 1. The van der Waals surface area contributed by atoms with E-state index in [9.17, 15) is 4.79 Å². The van der Waals surface area contributed by atoms with Gasteiger partial charge in [0.25, 0.3) is 0 Å². The van der Waals surface area contributed by atoms with Crippen molar-refractivity contribution in [1.29, 1.82) is 0 Å². The van der Waals surface area contributed by atoms with Crippen LogP contribution in [0.4, 0.5) is 4.79 Å². The molecule has 0 atom stereocenters. The third kappa shape index (κ3) is 37.6. The first kappa shape index (κ1) is 45.2. The highest BCUT2D eigenvalue weighted by molar-refractivity contribution is 6.17. The molecule has 46 heavy (non-hydrogen) atoms. The monoisotopic (exact) mass is 689 g/mol. The molecule has 0 unspecified atom stereocenters. The normalized spacial score (nSPS) is 11.8. The minimum absolute atomic E-state index is 0.363. The number of rotatable bonds is 36. The molecule has 0 N–H and O–H groups in total. The van der Waals surface area contributed by atoms with Crippen molar-refractivity contribution < 1.29 is 56.9 Å². The first-order chi connectivity index (χ1) is 22.4. The molecule has 0 aliphatic rings. The number of ether oxygens (including phenoxy) is 11. The summed E-state index contributed by atoms with van der Waals surface area (Å²) >= 11 is 5.65. The number of hydrogen-bond acceptors (Lipinski definition) is 12. The molecule has 0 fully saturated rings. The maximum Gasteiger partial charge on any atom is 0.410 e. The van der Waals surface area contributed by atoms with Crippen LogP contribution in [0.3, 0.4) is 0 Å². The van der Waals surface area contributed by atoms with Crippen LogP contribution in [0.5, 0.6) is 0 Å². The van der Waals surface area contributed by atoms with E-state index in [-0.39, 0.29) is 6.09 Å². The molecule has 0 radical (unpaired) electrons. The van der Waals surface area contributed by atoms with Crippen molar-refractivity contribution >= 4 is 17.7 Å². The Balaban J connectivity index is 3.14. The Morgan fingerprint density at radius 3 is 1.04 bits per heavy atom. The molecule has 0 aliphatic carbocycles. The largest absolute Gasteiger partial charge is 0.444 e. The molecule has 0 aromatic heterocycles. The van der Waals surface area contributed by atoms with Gasteiger partial charge >= 0.3 is 6.09 Å². The Morgan fingerprint density at radius 2 is 0.739 bits per heavy atom. The summed E-state index contributed by atoms with van der Waals surface area (Å²) in [6, 6.07) is 0. The van der Waals surface area contributed by atoms with Gasteiger partial charge in [0.15, 0.2) is 0 Å². The molecule has 276 valence electrons. The van der Waals surface area contributed by atoms with Crippen LogP contribution in [0.25, 0.3) is 0 Å². The Bertz CT molecular complexity index is 630. The second-order valence-corrected chi connectivity index (χ2v) is 11.5. The van der Waals surface area contributed by atoms with E-state index in [1.54, 1.807) is 7.05 Å². The average molecular weight is 690 g/mol. The topological polar surface area (TPSA) is 122 Å². The molecular formula is C32H64ClNO12. The number of unbranched alkanes of at least 4 members (excludes halogenated alkanes) is 3. The molecule has 0 saturated heterocycles. The van der Waals surface area contributed by atoms with E-state index >= 15 is 0 Å². The lowest BCUT2D eigenvalue weighted by molar-refractivity contribution is -0.0267. The molecule has 13 nitrogen and oxygen atoms in total. The maximum absolute atomic E-state index is 11.8. The van der Waals surface area contributed by atoms with Crippen molar-refractivity contribution in [3.63, 3.8) is 0 Å². The molecule has 0 aromatic carbocycles. The fourth-order valence-corrected chi connectivity index (χ4v) is 3.56. The molecule has 0 aromatic rings. The molecule has 0 spiro atoms. The van der Waals surface area contributed by atoms with Gasteiger partial charge in [0.05, 0.1) is 126 Å². The number of hydrogen-bond donors (Lipinski definition) is 0. The number of halogens is 1. The average Bonchev–Trinajstić information content (AvgIpc) is 3.02. The number of likely N-dealkylation sites (N-methyl/N-ethyl adjacent to an activating group) is 1. The Labute approximate surface area is 283 Å². The van der Waals surface area contributed by atoms with E-state index < -0.39 is 5.60 Å². The van der Waals surface area contributed by atoms with Crippen molar-refractivity contribution in [1.82, 2.24) is 4.90 Å². The molecular weight excluding hydrogens is 626 g/mol. The van der Waals surface area contributed by atoms with E-state index in [1.165, 1.54) is 11.3 Å². The minimum atomic E-state index is -0.508. The first-order valence-corrected chi connectivity index (χ1v) is 17.2. The number of carbonyl (C=O) groups excluding carboxylic acids is 1. The zero-order valence-corrected chi connectivity index (χ0v) is 29.9. The molecule has 14 heteroatoms. The quantitative estimate of drug-likeness (QED) is 0.0702. The van der Waals surface area contributed by atoms with Crippen LogP contribution < -0.4 is 0 Å². The highest BCUT2D eigenvalue weighted by atomic mass is 35.5. The van der Waals surface area contributed by atoms with Crippen molar-refractivity contribution in [3.05, 3.63) is 0 Å². The van der Waals surface area contributed by atoms with Crippen LogP contribution in [-0.4, -0.2) is 168 Å². The summed E-state index contributed by atoms with van der Waals surface area (Å²) in [5.41, 5.74) is -0.508. The fourth-order valence-electron chi connectivity index (χ4n) is 3.37. The number of carbonyl (C=O) groups is 1. The van der Waals surface area contributed by atoms with Crippen LogP contribution in [0.2, 0.25) is 0 Å². The summed E-state index contributed by atoms with van der Waals surface area (Å²) in [4.78, 5) is 13.3. The SMILES string of the molecule is CN(CCOCCOCCOCCOCCOCCOCCOCCOCCOCCOCCCCCCCl)C(=O)OC(C)(C)C. The predicted octanol–water partition coefficient (Wildman–Crippen LogP) is 3.82. The smallest absolute Gasteiger partial charge is 0.410 e. The Hall–Kier alpha value is -0.840. The summed E-state index contributed by atoms with van der Waals surface area (Å²) < 4.78 is 60.1. The van der Waals surface area contributed by atoms with Gasteiger partial charge in [0.1, 0.15) is 5.60 Å². The summed E-state index contributed by atoms with van der Waals surface area (Å²) in [5, 5.41) is 0. The van der Waals surface area contributed by atoms with Gasteiger partial charge in [-0.15, -0.1) is 11.6 Å². The molecule has 0 heterocycles. The summed E-state index contributed by atoms with van der Waals surface area (Å²) in [5.74, 6) is 0.741. The van der Waals surface area contributed by atoms with Gasteiger partial charge in [0.2, 0.25) is 0 Å². The van der Waals surface area contributed by atoms with Crippen molar-refractivity contribution in [3.8, 4) is 0 Å². The zero-order valence-electron chi connectivity index (χ0n) is 29.1. The second kappa shape index (κ2) is 35.5. The van der Waals surface area contributed by atoms with Crippen LogP contribution >= 0.6 is 11.6 Å². The van der Waals surface area contributed by atoms with Gasteiger partial charge in [-0.05, 0) is 33.6 Å². The van der Waals surface area contributed by atoms with Gasteiger partial charge < -0.3 is 57.0 Å². The molecule has 0 rings (SSSR count). The van der Waals surface area contributed by atoms with E-state index in [0.29, 0.717) is 132 Å². The van der Waals surface area contributed by atoms with Crippen molar-refractivity contribution in [2.45, 2.75) is 52.1 Å². The van der Waals surface area contributed by atoms with E-state index in [0.717, 1.165) is 31.7 Å². The van der Waals surface area contributed by atoms with Gasteiger partial charge in [0, 0.05) is 26.1 Å². The lowest BCUT2D eigenvalue weighted by Crippen LogP contribution is -2.36. The fraction of sp³-hybridized carbons (Fsp3) is 0.969. The number of alkyl halides is 1. The standard InChI is InChI=1S/C32H64ClNO12/c1-32(2,3)46-31(35)34(4)10-12-37-14-16-39-18-20-41-22-24-43-26-28-45-30-29-44-27-25-42-23-21-40-19-17-38-15-13-36-11-8-6-5-7-9-33/h5-30H2,1-4H3. The predicted molar refractivity (Wildman–Crippen MR) is 176 cm³/mol. The molecule has 0 bridgehead atoms. The Morgan fingerprint density at radius 1 is 0.457 bits per heavy atom. The second-order valence-electron chi connectivity index (χ2n) is 11.1. The van der Waals surface area contributed by atoms with Crippen LogP contribution in [0.1, 0.15) is 46.5 Å². The summed E-state index contributed by atoms with van der Waals surface area (Å²) in [6.45, 7) is 16.4. The van der Waals surface area contributed by atoms with Gasteiger partial charge in [-0.2, -0.15) is 0 Å². The highest BCUT2D eigenvalue weighted by Gasteiger charge is 2.19. The Kier molecular flexibility index (Phi) is 34.8. The summed E-state index contributed by atoms with van der Waals surface area (Å²) in [7, 11) is 1.68. The van der Waals surface area contributed by atoms with Gasteiger partial charge in [-0.1, -0.05) is 12.8 Å². The molecule has 0 saturated carbocycles. The van der Waals surface area contributed by atoms with Crippen LogP contribution in [-0.2, 0) is 52.1 Å². The lowest BCUT2D eigenvalue weighted by Gasteiger charge is -2.24. The van der Waals surface area contributed by atoms with Gasteiger partial charge in [-0.25, -0.2) is 4.79 Å². The van der Waals surface area contributed by atoms with E-state index in [2.05, 4.69) is 0 Å². The summed E-state index contributed by atoms with van der Waals surface area (Å²) in [6.07, 6.45) is 4.12. The van der Waals surface area contributed by atoms with E-state index in [1.807, 2.05) is 20.8 Å². The first-order valence-electron chi connectivity index (χ1n) is 16.6. The van der Waals surface area contributed by atoms with E-state index in [4.69, 9.17) is 63.7 Å². The maximum atomic E-state index is 11.8.